The minimum atomic E-state index is -0.512. The highest BCUT2D eigenvalue weighted by Crippen LogP contribution is 2.13. The molecule has 0 fully saturated rings. The van der Waals surface area contributed by atoms with Crippen LogP contribution in [0.3, 0.4) is 0 Å². The molecule has 2 aromatic rings. The maximum Gasteiger partial charge on any atom is 0.410 e. The first-order valence-electron chi connectivity index (χ1n) is 7.86. The van der Waals surface area contributed by atoms with Gasteiger partial charge in [-0.25, -0.2) is 4.79 Å². The largest absolute Gasteiger partial charge is 0.445 e. The van der Waals surface area contributed by atoms with Gasteiger partial charge < -0.3 is 9.64 Å². The van der Waals surface area contributed by atoms with Crippen LogP contribution in [0.4, 0.5) is 4.79 Å². The van der Waals surface area contributed by atoms with Crippen LogP contribution in [0.15, 0.2) is 59.1 Å². The van der Waals surface area contributed by atoms with Crippen LogP contribution in [0.5, 0.6) is 0 Å². The molecule has 0 spiro atoms. The van der Waals surface area contributed by atoms with Gasteiger partial charge in [0.1, 0.15) is 13.2 Å². The van der Waals surface area contributed by atoms with Crippen molar-refractivity contribution in [3.8, 4) is 0 Å². The molecule has 0 radical (unpaired) electrons. The summed E-state index contributed by atoms with van der Waals surface area (Å²) in [6, 6.07) is 17.1. The van der Waals surface area contributed by atoms with Gasteiger partial charge in [-0.2, -0.15) is 0 Å². The molecular weight excluding hydrogens is 384 g/mol. The zero-order chi connectivity index (χ0) is 18.2. The molecule has 2 amide bonds. The average Bonchev–Trinajstić information content (AvgIpc) is 2.61. The van der Waals surface area contributed by atoms with E-state index in [4.69, 9.17) is 4.74 Å². The summed E-state index contributed by atoms with van der Waals surface area (Å²) in [5, 5.41) is 0. The fourth-order valence-corrected chi connectivity index (χ4v) is 2.37. The van der Waals surface area contributed by atoms with Crippen molar-refractivity contribution < 1.29 is 14.3 Å². The minimum Gasteiger partial charge on any atom is -0.445 e. The maximum absolute atomic E-state index is 12.5. The van der Waals surface area contributed by atoms with E-state index in [1.165, 1.54) is 9.80 Å². The monoisotopic (exact) mass is 404 g/mol. The minimum absolute atomic E-state index is 0.0311. The summed E-state index contributed by atoms with van der Waals surface area (Å²) in [7, 11) is 3.32. The maximum atomic E-state index is 12.5. The molecule has 0 atom stereocenters. The van der Waals surface area contributed by atoms with Gasteiger partial charge in [0.2, 0.25) is 5.91 Å². The summed E-state index contributed by atoms with van der Waals surface area (Å²) in [4.78, 5) is 27.4. The fraction of sp³-hybridized carbons (Fsp3) is 0.263. The molecule has 25 heavy (non-hydrogen) atoms. The van der Waals surface area contributed by atoms with E-state index in [0.29, 0.717) is 6.54 Å². The van der Waals surface area contributed by atoms with E-state index in [-0.39, 0.29) is 19.1 Å². The Morgan fingerprint density at radius 2 is 1.60 bits per heavy atom. The van der Waals surface area contributed by atoms with Crippen molar-refractivity contribution in [3.05, 3.63) is 70.2 Å². The van der Waals surface area contributed by atoms with Gasteiger partial charge in [-0.3, -0.25) is 9.69 Å². The quantitative estimate of drug-likeness (QED) is 0.737. The third kappa shape index (κ3) is 6.23. The molecule has 0 aromatic heterocycles. The van der Waals surface area contributed by atoms with E-state index in [1.54, 1.807) is 14.1 Å². The number of benzene rings is 2. The van der Waals surface area contributed by atoms with Crippen molar-refractivity contribution in [3.63, 3.8) is 0 Å². The van der Waals surface area contributed by atoms with Crippen LogP contribution < -0.4 is 0 Å². The molecule has 0 aliphatic heterocycles. The smallest absolute Gasteiger partial charge is 0.410 e. The van der Waals surface area contributed by atoms with E-state index in [0.717, 1.165) is 15.6 Å². The Kier molecular flexibility index (Phi) is 7.01. The molecule has 0 aliphatic rings. The highest BCUT2D eigenvalue weighted by molar-refractivity contribution is 9.10. The molecule has 6 heteroatoms. The van der Waals surface area contributed by atoms with Gasteiger partial charge in [-0.1, -0.05) is 58.4 Å². The number of ether oxygens (including phenoxy) is 1. The number of rotatable bonds is 6. The Morgan fingerprint density at radius 1 is 0.960 bits per heavy atom. The number of likely N-dealkylation sites (N-methyl/N-ethyl adjacent to an activating group) is 1. The highest BCUT2D eigenvalue weighted by Gasteiger charge is 2.20. The molecule has 2 aromatic carbocycles. The van der Waals surface area contributed by atoms with Crippen LogP contribution in [-0.4, -0.2) is 42.4 Å². The Labute approximate surface area is 156 Å². The molecule has 0 heterocycles. The van der Waals surface area contributed by atoms with Crippen molar-refractivity contribution in [1.82, 2.24) is 9.80 Å². The number of hydrogen-bond acceptors (Lipinski definition) is 3. The topological polar surface area (TPSA) is 49.9 Å². The van der Waals surface area contributed by atoms with Crippen molar-refractivity contribution in [2.75, 3.05) is 20.6 Å². The second-order valence-corrected chi connectivity index (χ2v) is 6.73. The van der Waals surface area contributed by atoms with Gasteiger partial charge in [0.25, 0.3) is 0 Å². The summed E-state index contributed by atoms with van der Waals surface area (Å²) < 4.78 is 6.33. The Bertz CT molecular complexity index is 702. The van der Waals surface area contributed by atoms with Crippen molar-refractivity contribution in [2.45, 2.75) is 13.2 Å². The Balaban J connectivity index is 2.05. The first-order valence-corrected chi connectivity index (χ1v) is 8.65. The van der Waals surface area contributed by atoms with Gasteiger partial charge >= 0.3 is 6.09 Å². The predicted octanol–water partition coefficient (Wildman–Crippen LogP) is 3.68. The van der Waals surface area contributed by atoms with Gasteiger partial charge in [0.15, 0.2) is 0 Å². The summed E-state index contributed by atoms with van der Waals surface area (Å²) in [5.74, 6) is -0.159. The molecular formula is C19H21BrN2O3. The Hall–Kier alpha value is -2.34. The van der Waals surface area contributed by atoms with Crippen molar-refractivity contribution >= 4 is 27.9 Å². The van der Waals surface area contributed by atoms with E-state index in [2.05, 4.69) is 15.9 Å². The lowest BCUT2D eigenvalue weighted by Crippen LogP contribution is -2.40. The van der Waals surface area contributed by atoms with E-state index in [1.807, 2.05) is 54.6 Å². The molecule has 2 rings (SSSR count). The zero-order valence-electron chi connectivity index (χ0n) is 14.3. The number of carbonyl (C=O) groups is 2. The number of amides is 2. The van der Waals surface area contributed by atoms with Gasteiger partial charge in [-0.05, 0) is 23.3 Å². The molecule has 132 valence electrons. The lowest BCUT2D eigenvalue weighted by Gasteiger charge is -2.23. The molecule has 0 saturated heterocycles. The fourth-order valence-electron chi connectivity index (χ4n) is 2.11. The summed E-state index contributed by atoms with van der Waals surface area (Å²) >= 11 is 3.38. The van der Waals surface area contributed by atoms with Crippen LogP contribution in [-0.2, 0) is 22.7 Å². The van der Waals surface area contributed by atoms with E-state index >= 15 is 0 Å². The van der Waals surface area contributed by atoms with Crippen molar-refractivity contribution in [2.24, 2.45) is 0 Å². The number of hydrogen-bond donors (Lipinski definition) is 0. The van der Waals surface area contributed by atoms with Crippen LogP contribution in [0.1, 0.15) is 11.1 Å². The zero-order valence-corrected chi connectivity index (χ0v) is 15.9. The normalized spacial score (nSPS) is 10.2. The average molecular weight is 405 g/mol. The number of halogens is 1. The SMILES string of the molecule is CN(C)C(=O)CN(Cc1ccc(Br)cc1)C(=O)OCc1ccccc1. The van der Waals surface area contributed by atoms with E-state index in [9.17, 15) is 9.59 Å². The third-order valence-electron chi connectivity index (χ3n) is 3.57. The second-order valence-electron chi connectivity index (χ2n) is 5.81. The highest BCUT2D eigenvalue weighted by atomic mass is 79.9. The van der Waals surface area contributed by atoms with Crippen molar-refractivity contribution in [1.29, 1.82) is 0 Å². The molecule has 0 N–H and O–H groups in total. The Morgan fingerprint density at radius 3 is 2.20 bits per heavy atom. The van der Waals surface area contributed by atoms with Crippen LogP contribution in [0, 0.1) is 0 Å². The van der Waals surface area contributed by atoms with Crippen LogP contribution >= 0.6 is 15.9 Å². The molecule has 0 aliphatic carbocycles. The first kappa shape index (κ1) is 19.0. The number of nitrogens with zero attached hydrogens (tertiary/aromatic N) is 2. The lowest BCUT2D eigenvalue weighted by molar-refractivity contribution is -0.129. The first-order chi connectivity index (χ1) is 12.0. The molecule has 0 unspecified atom stereocenters. The van der Waals surface area contributed by atoms with Crippen LogP contribution in [0.2, 0.25) is 0 Å². The van der Waals surface area contributed by atoms with E-state index < -0.39 is 6.09 Å². The number of carbonyl (C=O) groups excluding carboxylic acids is 2. The second kappa shape index (κ2) is 9.22. The van der Waals surface area contributed by atoms with Crippen LogP contribution in [0.25, 0.3) is 0 Å². The van der Waals surface area contributed by atoms with Gasteiger partial charge in [0.05, 0.1) is 0 Å². The third-order valence-corrected chi connectivity index (χ3v) is 4.10. The molecule has 5 nitrogen and oxygen atoms in total. The van der Waals surface area contributed by atoms with Gasteiger partial charge in [-0.15, -0.1) is 0 Å². The summed E-state index contributed by atoms with van der Waals surface area (Å²) in [5.41, 5.74) is 1.82. The lowest BCUT2D eigenvalue weighted by atomic mass is 10.2. The molecule has 0 bridgehead atoms. The summed E-state index contributed by atoms with van der Waals surface area (Å²) in [6.07, 6.45) is -0.512. The summed E-state index contributed by atoms with van der Waals surface area (Å²) in [6.45, 7) is 0.448. The molecule has 0 saturated carbocycles. The predicted molar refractivity (Wildman–Crippen MR) is 99.9 cm³/mol. The standard InChI is InChI=1S/C19H21BrN2O3/c1-21(2)18(23)13-22(12-15-8-10-17(20)11-9-15)19(24)25-14-16-6-4-3-5-7-16/h3-11H,12-14H2,1-2H3. The van der Waals surface area contributed by atoms with Gasteiger partial charge in [0, 0.05) is 25.1 Å².